The van der Waals surface area contributed by atoms with Crippen LogP contribution in [0, 0.1) is 13.8 Å². The highest BCUT2D eigenvalue weighted by Gasteiger charge is 2.23. The normalized spacial score (nSPS) is 17.5. The Morgan fingerprint density at radius 3 is 2.53 bits per heavy atom. The molecule has 0 fully saturated rings. The maximum absolute atomic E-state index is 9.09. The van der Waals surface area contributed by atoms with E-state index in [2.05, 4.69) is 10.1 Å². The van der Waals surface area contributed by atoms with Crippen LogP contribution in [0.25, 0.3) is 0 Å². The Morgan fingerprint density at radius 2 is 2.13 bits per heavy atom. The van der Waals surface area contributed by atoms with Crippen molar-refractivity contribution in [3.8, 4) is 0 Å². The second-order valence-electron chi connectivity index (χ2n) is 4.52. The van der Waals surface area contributed by atoms with Crippen LogP contribution < -0.4 is 5.73 Å². The third-order valence-corrected chi connectivity index (χ3v) is 2.45. The van der Waals surface area contributed by atoms with Crippen molar-refractivity contribution >= 4 is 0 Å². The van der Waals surface area contributed by atoms with Crippen molar-refractivity contribution in [2.24, 2.45) is 5.73 Å². The average molecular weight is 212 g/mol. The Balaban J connectivity index is 2.77. The van der Waals surface area contributed by atoms with Gasteiger partial charge < -0.3 is 10.8 Å². The molecule has 2 atom stereocenters. The number of nitrogens with zero attached hydrogens (tertiary/aromatic N) is 3. The van der Waals surface area contributed by atoms with Gasteiger partial charge >= 0.3 is 0 Å². The lowest BCUT2D eigenvalue weighted by Crippen LogP contribution is -2.42. The molecule has 0 radical (unpaired) electrons. The number of hydrogen-bond acceptors (Lipinski definition) is 4. The van der Waals surface area contributed by atoms with E-state index < -0.39 is 5.54 Å². The Hall–Kier alpha value is -0.940. The molecule has 0 aromatic carbocycles. The van der Waals surface area contributed by atoms with E-state index in [1.54, 1.807) is 0 Å². The van der Waals surface area contributed by atoms with Crippen molar-refractivity contribution in [3.63, 3.8) is 0 Å². The lowest BCUT2D eigenvalue weighted by Gasteiger charge is -2.26. The second-order valence-corrected chi connectivity index (χ2v) is 4.52. The molecule has 0 bridgehead atoms. The summed E-state index contributed by atoms with van der Waals surface area (Å²) in [6, 6.07) is 0.147. The van der Waals surface area contributed by atoms with E-state index in [-0.39, 0.29) is 12.6 Å². The molecule has 1 aromatic rings. The van der Waals surface area contributed by atoms with Crippen LogP contribution in [-0.2, 0) is 0 Å². The molecule has 0 aliphatic heterocycles. The fourth-order valence-electron chi connectivity index (χ4n) is 1.78. The summed E-state index contributed by atoms with van der Waals surface area (Å²) in [7, 11) is 0. The van der Waals surface area contributed by atoms with E-state index in [9.17, 15) is 0 Å². The molecule has 0 saturated heterocycles. The predicted molar refractivity (Wildman–Crippen MR) is 58.5 cm³/mol. The maximum Gasteiger partial charge on any atom is 0.147 e. The first-order chi connectivity index (χ1) is 6.85. The standard InChI is InChI=1S/C10H20N4O/c1-7(5-10(4,11)6-15)14-9(3)12-8(2)13-14/h7,15H,5-6,11H2,1-4H3. The van der Waals surface area contributed by atoms with Crippen molar-refractivity contribution in [3.05, 3.63) is 11.6 Å². The third-order valence-electron chi connectivity index (χ3n) is 2.45. The summed E-state index contributed by atoms with van der Waals surface area (Å²) in [5.41, 5.74) is 5.34. The van der Waals surface area contributed by atoms with E-state index in [1.165, 1.54) is 0 Å². The summed E-state index contributed by atoms with van der Waals surface area (Å²) in [6.07, 6.45) is 0.674. The van der Waals surface area contributed by atoms with E-state index in [4.69, 9.17) is 10.8 Å². The average Bonchev–Trinajstić information content (AvgIpc) is 2.45. The molecule has 5 nitrogen and oxygen atoms in total. The predicted octanol–water partition coefficient (Wildman–Crippen LogP) is 0.556. The first kappa shape index (κ1) is 12.1. The summed E-state index contributed by atoms with van der Waals surface area (Å²) in [6.45, 7) is 7.63. The summed E-state index contributed by atoms with van der Waals surface area (Å²) in [4.78, 5) is 4.24. The van der Waals surface area contributed by atoms with Crippen LogP contribution in [0.4, 0.5) is 0 Å². The van der Waals surface area contributed by atoms with Gasteiger partial charge in [0.15, 0.2) is 0 Å². The van der Waals surface area contributed by atoms with Crippen LogP contribution in [0.3, 0.4) is 0 Å². The minimum absolute atomic E-state index is 0.0237. The molecule has 86 valence electrons. The van der Waals surface area contributed by atoms with Crippen molar-refractivity contribution in [2.45, 2.75) is 45.7 Å². The fraction of sp³-hybridized carbons (Fsp3) is 0.800. The SMILES string of the molecule is Cc1nc(C)n(C(C)CC(C)(N)CO)n1. The Labute approximate surface area is 90.3 Å². The monoisotopic (exact) mass is 212 g/mol. The van der Waals surface area contributed by atoms with Gasteiger partial charge in [0.05, 0.1) is 12.6 Å². The highest BCUT2D eigenvalue weighted by atomic mass is 16.3. The third kappa shape index (κ3) is 3.00. The minimum atomic E-state index is -0.564. The van der Waals surface area contributed by atoms with Gasteiger partial charge in [0, 0.05) is 5.54 Å². The fourth-order valence-corrected chi connectivity index (χ4v) is 1.78. The lowest BCUT2D eigenvalue weighted by molar-refractivity contribution is 0.182. The van der Waals surface area contributed by atoms with Crippen molar-refractivity contribution in [1.82, 2.24) is 14.8 Å². The zero-order valence-electron chi connectivity index (χ0n) is 9.86. The van der Waals surface area contributed by atoms with E-state index >= 15 is 0 Å². The number of hydrogen-bond donors (Lipinski definition) is 2. The largest absolute Gasteiger partial charge is 0.394 e. The first-order valence-corrected chi connectivity index (χ1v) is 5.15. The summed E-state index contributed by atoms with van der Waals surface area (Å²) in [5, 5.41) is 13.4. The molecule has 0 saturated carbocycles. The molecule has 1 aromatic heterocycles. The molecule has 0 aliphatic rings. The Morgan fingerprint density at radius 1 is 1.53 bits per heavy atom. The topological polar surface area (TPSA) is 77.0 Å². The van der Waals surface area contributed by atoms with Crippen LogP contribution in [-0.4, -0.2) is 32.0 Å². The van der Waals surface area contributed by atoms with Gasteiger partial charge in [-0.2, -0.15) is 5.10 Å². The molecule has 0 spiro atoms. The molecule has 0 amide bonds. The molecule has 1 heterocycles. The molecule has 3 N–H and O–H groups in total. The van der Waals surface area contributed by atoms with Gasteiger partial charge in [-0.05, 0) is 34.1 Å². The van der Waals surface area contributed by atoms with Gasteiger partial charge in [-0.3, -0.25) is 0 Å². The zero-order chi connectivity index (χ0) is 11.6. The van der Waals surface area contributed by atoms with E-state index in [1.807, 2.05) is 32.4 Å². The number of rotatable bonds is 4. The van der Waals surface area contributed by atoms with Crippen molar-refractivity contribution in [2.75, 3.05) is 6.61 Å². The van der Waals surface area contributed by atoms with Crippen molar-refractivity contribution in [1.29, 1.82) is 0 Å². The Bertz CT molecular complexity index is 332. The number of aryl methyl sites for hydroxylation is 2. The van der Waals surface area contributed by atoms with Crippen LogP contribution in [0.5, 0.6) is 0 Å². The molecule has 15 heavy (non-hydrogen) atoms. The van der Waals surface area contributed by atoms with Gasteiger partial charge in [0.1, 0.15) is 11.6 Å². The van der Waals surface area contributed by atoms with Crippen molar-refractivity contribution < 1.29 is 5.11 Å². The van der Waals surface area contributed by atoms with Gasteiger partial charge in [-0.25, -0.2) is 9.67 Å². The number of nitrogens with two attached hydrogens (primary N) is 1. The molecule has 1 rings (SSSR count). The smallest absolute Gasteiger partial charge is 0.147 e. The van der Waals surface area contributed by atoms with Gasteiger partial charge in [0.2, 0.25) is 0 Å². The van der Waals surface area contributed by atoms with Crippen LogP contribution in [0.15, 0.2) is 0 Å². The summed E-state index contributed by atoms with van der Waals surface area (Å²) >= 11 is 0. The number of aromatic nitrogens is 3. The second kappa shape index (κ2) is 4.28. The molecular weight excluding hydrogens is 192 g/mol. The lowest BCUT2D eigenvalue weighted by atomic mass is 9.96. The highest BCUT2D eigenvalue weighted by Crippen LogP contribution is 2.18. The Kier molecular flexibility index (Phi) is 3.46. The zero-order valence-corrected chi connectivity index (χ0v) is 9.86. The van der Waals surface area contributed by atoms with Gasteiger partial charge in [0.25, 0.3) is 0 Å². The van der Waals surface area contributed by atoms with Gasteiger partial charge in [-0.1, -0.05) is 0 Å². The molecule has 0 aliphatic carbocycles. The van der Waals surface area contributed by atoms with Crippen LogP contribution in [0.2, 0.25) is 0 Å². The molecule has 5 heteroatoms. The van der Waals surface area contributed by atoms with Crippen LogP contribution in [0.1, 0.15) is 38.0 Å². The van der Waals surface area contributed by atoms with Crippen LogP contribution >= 0.6 is 0 Å². The number of aliphatic hydroxyl groups excluding tert-OH is 1. The maximum atomic E-state index is 9.09. The summed E-state index contributed by atoms with van der Waals surface area (Å²) < 4.78 is 1.86. The van der Waals surface area contributed by atoms with E-state index in [0.717, 1.165) is 11.6 Å². The van der Waals surface area contributed by atoms with Gasteiger partial charge in [-0.15, -0.1) is 0 Å². The quantitative estimate of drug-likeness (QED) is 0.764. The first-order valence-electron chi connectivity index (χ1n) is 5.15. The molecular formula is C10H20N4O. The summed E-state index contributed by atoms with van der Waals surface area (Å²) in [5.74, 6) is 1.65. The minimum Gasteiger partial charge on any atom is -0.394 e. The highest BCUT2D eigenvalue weighted by molar-refractivity contribution is 4.92. The number of aliphatic hydroxyl groups is 1. The molecule has 2 unspecified atom stereocenters. The van der Waals surface area contributed by atoms with E-state index in [0.29, 0.717) is 6.42 Å².